The summed E-state index contributed by atoms with van der Waals surface area (Å²) in [5, 5.41) is 0. The zero-order valence-electron chi connectivity index (χ0n) is 18.7. The molecule has 2 aromatic rings. The Labute approximate surface area is 182 Å². The normalized spacial score (nSPS) is 25.0. The van der Waals surface area contributed by atoms with Crippen molar-refractivity contribution >= 4 is 5.78 Å². The van der Waals surface area contributed by atoms with Gasteiger partial charge in [-0.15, -0.1) is 0 Å². The number of carbonyl (C=O) groups excluding carboxylic acids is 1. The molecule has 2 nitrogen and oxygen atoms in total. The van der Waals surface area contributed by atoms with Gasteiger partial charge in [0.15, 0.2) is 5.78 Å². The van der Waals surface area contributed by atoms with Crippen molar-refractivity contribution in [3.05, 3.63) is 71.8 Å². The highest BCUT2D eigenvalue weighted by Crippen LogP contribution is 2.52. The molecular weight excluding hydrogens is 366 g/mol. The van der Waals surface area contributed by atoms with Crippen LogP contribution in [0.4, 0.5) is 0 Å². The molecule has 0 saturated carbocycles. The second-order valence-electron chi connectivity index (χ2n) is 9.53. The van der Waals surface area contributed by atoms with E-state index in [4.69, 9.17) is 0 Å². The zero-order valence-corrected chi connectivity index (χ0v) is 18.7. The molecule has 0 aliphatic carbocycles. The lowest BCUT2D eigenvalue weighted by Gasteiger charge is -2.57. The quantitative estimate of drug-likeness (QED) is 0.479. The van der Waals surface area contributed by atoms with Crippen LogP contribution in [0.15, 0.2) is 60.7 Å². The van der Waals surface area contributed by atoms with Gasteiger partial charge in [0.25, 0.3) is 0 Å². The lowest BCUT2D eigenvalue weighted by molar-refractivity contribution is -0.153. The van der Waals surface area contributed by atoms with Crippen LogP contribution in [0.5, 0.6) is 0 Å². The summed E-state index contributed by atoms with van der Waals surface area (Å²) in [5.74, 6) is 0.871. The molecule has 3 atom stereocenters. The van der Waals surface area contributed by atoms with Crippen molar-refractivity contribution in [2.45, 2.75) is 70.8 Å². The van der Waals surface area contributed by atoms with Crippen molar-refractivity contribution < 1.29 is 4.79 Å². The van der Waals surface area contributed by atoms with Crippen LogP contribution < -0.4 is 0 Å². The molecule has 3 aliphatic rings. The Morgan fingerprint density at radius 1 is 0.900 bits per heavy atom. The number of carbonyl (C=O) groups is 1. The average Bonchev–Trinajstić information content (AvgIpc) is 2.80. The molecule has 30 heavy (non-hydrogen) atoms. The minimum absolute atomic E-state index is 0.0232. The van der Waals surface area contributed by atoms with Crippen LogP contribution in [0.1, 0.15) is 75.8 Å². The van der Waals surface area contributed by atoms with E-state index in [2.05, 4.69) is 79.4 Å². The molecule has 160 valence electrons. The number of Topliss-reactive ketones (excluding diaryl/α,β-unsaturated/α-hetero) is 1. The molecule has 2 bridgehead atoms. The molecule has 0 spiro atoms. The Balaban J connectivity index is 1.70. The molecule has 3 fully saturated rings. The Hall–Kier alpha value is -1.93. The number of benzene rings is 2. The van der Waals surface area contributed by atoms with Gasteiger partial charge in [0.1, 0.15) is 0 Å². The second kappa shape index (κ2) is 9.47. The minimum Gasteiger partial charge on any atom is -0.298 e. The van der Waals surface area contributed by atoms with Gasteiger partial charge in [-0.2, -0.15) is 0 Å². The molecule has 0 radical (unpaired) electrons. The van der Waals surface area contributed by atoms with Gasteiger partial charge in [0, 0.05) is 18.4 Å². The first-order valence-corrected chi connectivity index (χ1v) is 12.1. The van der Waals surface area contributed by atoms with Crippen LogP contribution in [0.25, 0.3) is 0 Å². The van der Waals surface area contributed by atoms with Gasteiger partial charge in [-0.25, -0.2) is 0 Å². The van der Waals surface area contributed by atoms with Crippen molar-refractivity contribution in [1.29, 1.82) is 0 Å². The first kappa shape index (κ1) is 21.3. The third-order valence-corrected chi connectivity index (χ3v) is 7.68. The van der Waals surface area contributed by atoms with Crippen molar-refractivity contribution in [3.8, 4) is 0 Å². The Morgan fingerprint density at radius 2 is 1.43 bits per heavy atom. The molecule has 3 aliphatic heterocycles. The summed E-state index contributed by atoms with van der Waals surface area (Å²) >= 11 is 0. The largest absolute Gasteiger partial charge is 0.298 e. The predicted octanol–water partition coefficient (Wildman–Crippen LogP) is 6.46. The smallest absolute Gasteiger partial charge is 0.154 e. The number of ketones is 1. The summed E-state index contributed by atoms with van der Waals surface area (Å²) < 4.78 is 0. The van der Waals surface area contributed by atoms with Crippen molar-refractivity contribution in [3.63, 3.8) is 0 Å². The maximum atomic E-state index is 14.1. The fraction of sp³-hybridized carbons (Fsp3) is 0.536. The summed E-state index contributed by atoms with van der Waals surface area (Å²) in [6.07, 6.45) is 8.40. The van der Waals surface area contributed by atoms with Crippen LogP contribution in [0.2, 0.25) is 0 Å². The van der Waals surface area contributed by atoms with Crippen molar-refractivity contribution in [2.75, 3.05) is 13.1 Å². The second-order valence-corrected chi connectivity index (χ2v) is 9.53. The van der Waals surface area contributed by atoms with Crippen LogP contribution >= 0.6 is 0 Å². The van der Waals surface area contributed by atoms with Crippen LogP contribution in [0.3, 0.4) is 0 Å². The summed E-state index contributed by atoms with van der Waals surface area (Å²) in [4.78, 5) is 16.6. The minimum atomic E-state index is -0.0232. The molecule has 5 rings (SSSR count). The lowest BCUT2D eigenvalue weighted by Crippen LogP contribution is -2.65. The van der Waals surface area contributed by atoms with E-state index in [1.807, 2.05) is 0 Å². The molecule has 0 N–H and O–H groups in total. The number of fused-ring (bicyclic) bond motifs is 3. The molecule has 2 heteroatoms. The van der Waals surface area contributed by atoms with E-state index in [1.165, 1.54) is 49.7 Å². The third kappa shape index (κ3) is 3.99. The summed E-state index contributed by atoms with van der Waals surface area (Å²) in [6, 6.07) is 21.4. The van der Waals surface area contributed by atoms with Gasteiger partial charge >= 0.3 is 0 Å². The van der Waals surface area contributed by atoms with E-state index in [-0.39, 0.29) is 23.3 Å². The summed E-state index contributed by atoms with van der Waals surface area (Å²) in [7, 11) is 0. The van der Waals surface area contributed by atoms with E-state index < -0.39 is 0 Å². The van der Waals surface area contributed by atoms with E-state index in [0.717, 1.165) is 19.5 Å². The Morgan fingerprint density at radius 3 is 1.90 bits per heavy atom. The van der Waals surface area contributed by atoms with E-state index in [1.54, 1.807) is 0 Å². The first-order valence-electron chi connectivity index (χ1n) is 12.1. The van der Waals surface area contributed by atoms with Crippen LogP contribution in [0, 0.1) is 11.3 Å². The van der Waals surface area contributed by atoms with E-state index in [9.17, 15) is 4.79 Å². The molecular formula is C28H37NO. The van der Waals surface area contributed by atoms with E-state index >= 15 is 0 Å². The fourth-order valence-electron chi connectivity index (χ4n) is 6.20. The monoisotopic (exact) mass is 403 g/mol. The molecule has 0 aromatic heterocycles. The van der Waals surface area contributed by atoms with Gasteiger partial charge in [-0.1, -0.05) is 100 Å². The number of hydrogen-bond acceptors (Lipinski definition) is 2. The standard InChI is InChI=1S/C28H37NO/c1-3-5-18-28(19-6-4-2)21-29-20-17-24(28)27(30)26(29)25(22-13-9-7-10-14-22)23-15-11-8-12-16-23/h7-16,24-26H,3-6,17-21H2,1-2H3. The number of hydrogen-bond donors (Lipinski definition) is 0. The lowest BCUT2D eigenvalue weighted by atomic mass is 9.58. The van der Waals surface area contributed by atoms with Crippen molar-refractivity contribution in [2.24, 2.45) is 11.3 Å². The third-order valence-electron chi connectivity index (χ3n) is 7.68. The topological polar surface area (TPSA) is 20.3 Å². The number of nitrogens with zero attached hydrogens (tertiary/aromatic N) is 1. The number of rotatable bonds is 9. The van der Waals surface area contributed by atoms with Crippen LogP contribution in [-0.4, -0.2) is 29.8 Å². The van der Waals surface area contributed by atoms with Gasteiger partial charge in [0.2, 0.25) is 0 Å². The number of piperidine rings is 3. The zero-order chi connectivity index (χ0) is 21.0. The number of unbranched alkanes of at least 4 members (excludes halogenated alkanes) is 2. The highest BCUT2D eigenvalue weighted by atomic mass is 16.1. The van der Waals surface area contributed by atoms with E-state index in [0.29, 0.717) is 5.78 Å². The van der Waals surface area contributed by atoms with Gasteiger partial charge in [-0.05, 0) is 42.3 Å². The maximum absolute atomic E-state index is 14.1. The van der Waals surface area contributed by atoms with Crippen molar-refractivity contribution in [1.82, 2.24) is 4.90 Å². The highest BCUT2D eigenvalue weighted by molar-refractivity contribution is 5.90. The summed E-state index contributed by atoms with van der Waals surface area (Å²) in [6.45, 7) is 6.72. The van der Waals surface area contributed by atoms with Crippen LogP contribution in [-0.2, 0) is 4.79 Å². The summed E-state index contributed by atoms with van der Waals surface area (Å²) in [5.41, 5.74) is 2.74. The molecule has 2 aromatic carbocycles. The SMILES string of the molecule is CCCCC1(CCCC)CN2CCC1C(=O)C2C(c1ccccc1)c1ccccc1. The molecule has 3 heterocycles. The average molecular weight is 404 g/mol. The fourth-order valence-corrected chi connectivity index (χ4v) is 6.20. The molecule has 3 saturated heterocycles. The highest BCUT2D eigenvalue weighted by Gasteiger charge is 2.56. The van der Waals surface area contributed by atoms with Gasteiger partial charge < -0.3 is 0 Å². The molecule has 0 amide bonds. The van der Waals surface area contributed by atoms with Gasteiger partial charge in [-0.3, -0.25) is 9.69 Å². The molecule has 3 unspecified atom stereocenters. The first-order chi connectivity index (χ1) is 14.7. The Kier molecular flexibility index (Phi) is 6.73. The predicted molar refractivity (Wildman–Crippen MR) is 125 cm³/mol. The maximum Gasteiger partial charge on any atom is 0.154 e. The Bertz CT molecular complexity index is 768. The van der Waals surface area contributed by atoms with Gasteiger partial charge in [0.05, 0.1) is 6.04 Å².